The summed E-state index contributed by atoms with van der Waals surface area (Å²) >= 11 is 5.99. The minimum atomic E-state index is -0.518. The van der Waals surface area contributed by atoms with Crippen LogP contribution < -0.4 is 10.6 Å². The normalized spacial score (nSPS) is 15.2. The van der Waals surface area contributed by atoms with E-state index in [0.717, 1.165) is 24.0 Å². The van der Waals surface area contributed by atoms with Gasteiger partial charge in [0.05, 0.1) is 0 Å². The molecule has 3 nitrogen and oxygen atoms in total. The highest BCUT2D eigenvalue weighted by Gasteiger charge is 2.28. The van der Waals surface area contributed by atoms with Gasteiger partial charge in [0.25, 0.3) is 0 Å². The van der Waals surface area contributed by atoms with Gasteiger partial charge in [-0.1, -0.05) is 35.9 Å². The lowest BCUT2D eigenvalue weighted by Gasteiger charge is -2.19. The highest BCUT2D eigenvalue weighted by molar-refractivity contribution is 6.30. The average Bonchev–Trinajstić information content (AvgIpc) is 3.33. The zero-order chi connectivity index (χ0) is 16.2. The standard InChI is InChI=1S/C18H18ClFN2O/c19-14-3-1-2-12(10-14)11-21-17(18(23)22-16-8-9-16)13-4-6-15(20)7-5-13/h1-7,10,16-17,21H,8-9,11H2,(H,22,23)/t17-/m1/s1. The fourth-order valence-electron chi connectivity index (χ4n) is 2.40. The van der Waals surface area contributed by atoms with E-state index in [9.17, 15) is 9.18 Å². The Kier molecular flexibility index (Phi) is 4.94. The van der Waals surface area contributed by atoms with Crippen LogP contribution in [0.25, 0.3) is 0 Å². The van der Waals surface area contributed by atoms with Crippen molar-refractivity contribution in [2.75, 3.05) is 0 Å². The van der Waals surface area contributed by atoms with Gasteiger partial charge in [0.1, 0.15) is 11.9 Å². The van der Waals surface area contributed by atoms with Crippen molar-refractivity contribution < 1.29 is 9.18 Å². The molecule has 0 aromatic heterocycles. The summed E-state index contributed by atoms with van der Waals surface area (Å²) < 4.78 is 13.1. The first-order chi connectivity index (χ1) is 11.1. The Balaban J connectivity index is 1.73. The summed E-state index contributed by atoms with van der Waals surface area (Å²) in [5, 5.41) is 6.89. The Hall–Kier alpha value is -1.91. The van der Waals surface area contributed by atoms with Crippen molar-refractivity contribution in [2.45, 2.75) is 31.5 Å². The zero-order valence-electron chi connectivity index (χ0n) is 12.6. The molecule has 1 fully saturated rings. The minimum absolute atomic E-state index is 0.0823. The highest BCUT2D eigenvalue weighted by Crippen LogP contribution is 2.22. The van der Waals surface area contributed by atoms with E-state index >= 15 is 0 Å². The van der Waals surface area contributed by atoms with Gasteiger partial charge in [-0.25, -0.2) is 4.39 Å². The largest absolute Gasteiger partial charge is 0.352 e. The predicted octanol–water partition coefficient (Wildman–Crippen LogP) is 3.59. The molecule has 2 N–H and O–H groups in total. The molecule has 1 aliphatic carbocycles. The number of carbonyl (C=O) groups excluding carboxylic acids is 1. The van der Waals surface area contributed by atoms with Crippen molar-refractivity contribution in [3.63, 3.8) is 0 Å². The molecule has 0 unspecified atom stereocenters. The average molecular weight is 333 g/mol. The number of benzene rings is 2. The van der Waals surface area contributed by atoms with Crippen molar-refractivity contribution in [2.24, 2.45) is 0 Å². The lowest BCUT2D eigenvalue weighted by Crippen LogP contribution is -2.38. The quantitative estimate of drug-likeness (QED) is 0.848. The van der Waals surface area contributed by atoms with Crippen molar-refractivity contribution >= 4 is 17.5 Å². The van der Waals surface area contributed by atoms with E-state index in [1.165, 1.54) is 12.1 Å². The maximum absolute atomic E-state index is 13.1. The molecule has 0 radical (unpaired) electrons. The molecule has 0 heterocycles. The molecule has 120 valence electrons. The van der Waals surface area contributed by atoms with Crippen LogP contribution in [0, 0.1) is 5.82 Å². The summed E-state index contributed by atoms with van der Waals surface area (Å²) in [6, 6.07) is 13.2. The number of hydrogen-bond acceptors (Lipinski definition) is 2. The van der Waals surface area contributed by atoms with Gasteiger partial charge >= 0.3 is 0 Å². The smallest absolute Gasteiger partial charge is 0.241 e. The van der Waals surface area contributed by atoms with E-state index in [0.29, 0.717) is 11.6 Å². The van der Waals surface area contributed by atoms with Gasteiger partial charge in [-0.2, -0.15) is 0 Å². The second-order valence-corrected chi connectivity index (χ2v) is 6.21. The van der Waals surface area contributed by atoms with Crippen LogP contribution in [-0.4, -0.2) is 11.9 Å². The van der Waals surface area contributed by atoms with E-state index in [2.05, 4.69) is 10.6 Å². The third-order valence-electron chi connectivity index (χ3n) is 3.79. The Labute approximate surface area is 139 Å². The van der Waals surface area contributed by atoms with Crippen molar-refractivity contribution in [3.05, 3.63) is 70.5 Å². The van der Waals surface area contributed by atoms with Crippen LogP contribution in [0.2, 0.25) is 5.02 Å². The van der Waals surface area contributed by atoms with E-state index in [-0.39, 0.29) is 17.8 Å². The third kappa shape index (κ3) is 4.53. The van der Waals surface area contributed by atoms with Crippen LogP contribution >= 0.6 is 11.6 Å². The third-order valence-corrected chi connectivity index (χ3v) is 4.02. The highest BCUT2D eigenvalue weighted by atomic mass is 35.5. The molecule has 3 rings (SSSR count). The fourth-order valence-corrected chi connectivity index (χ4v) is 2.61. The first kappa shape index (κ1) is 16.0. The maximum Gasteiger partial charge on any atom is 0.241 e. The van der Waals surface area contributed by atoms with Crippen molar-refractivity contribution in [1.29, 1.82) is 0 Å². The van der Waals surface area contributed by atoms with Crippen molar-refractivity contribution in [1.82, 2.24) is 10.6 Å². The first-order valence-corrected chi connectivity index (χ1v) is 8.03. The van der Waals surface area contributed by atoms with Gasteiger partial charge in [0.15, 0.2) is 0 Å². The molecule has 0 aliphatic heterocycles. The summed E-state index contributed by atoms with van der Waals surface area (Å²) in [4.78, 5) is 12.5. The molecule has 5 heteroatoms. The minimum Gasteiger partial charge on any atom is -0.352 e. The van der Waals surface area contributed by atoms with Crippen LogP contribution in [0.15, 0.2) is 48.5 Å². The SMILES string of the molecule is O=C(NC1CC1)[C@H](NCc1cccc(Cl)c1)c1ccc(F)cc1. The van der Waals surface area contributed by atoms with Gasteiger partial charge in [-0.3, -0.25) is 10.1 Å². The molecule has 1 amide bonds. The summed E-state index contributed by atoms with van der Waals surface area (Å²) in [6.07, 6.45) is 2.05. The van der Waals surface area contributed by atoms with Crippen LogP contribution in [0.1, 0.15) is 30.0 Å². The van der Waals surface area contributed by atoms with E-state index in [4.69, 9.17) is 11.6 Å². The molecular weight excluding hydrogens is 315 g/mol. The number of rotatable bonds is 6. The number of nitrogens with one attached hydrogen (secondary N) is 2. The number of amides is 1. The fraction of sp³-hybridized carbons (Fsp3) is 0.278. The Morgan fingerprint density at radius 1 is 1.22 bits per heavy atom. The molecule has 0 bridgehead atoms. The van der Waals surface area contributed by atoms with E-state index in [1.807, 2.05) is 24.3 Å². The van der Waals surface area contributed by atoms with E-state index in [1.54, 1.807) is 12.1 Å². The van der Waals surface area contributed by atoms with Crippen LogP contribution in [-0.2, 0) is 11.3 Å². The maximum atomic E-state index is 13.1. The molecule has 1 atom stereocenters. The van der Waals surface area contributed by atoms with Gasteiger partial charge < -0.3 is 5.32 Å². The molecular formula is C18H18ClFN2O. The molecule has 0 saturated heterocycles. The topological polar surface area (TPSA) is 41.1 Å². The van der Waals surface area contributed by atoms with Gasteiger partial charge in [-0.15, -0.1) is 0 Å². The van der Waals surface area contributed by atoms with Gasteiger partial charge in [-0.05, 0) is 48.2 Å². The Bertz CT molecular complexity index is 686. The monoisotopic (exact) mass is 332 g/mol. The lowest BCUT2D eigenvalue weighted by atomic mass is 10.1. The lowest BCUT2D eigenvalue weighted by molar-refractivity contribution is -0.123. The van der Waals surface area contributed by atoms with Crippen LogP contribution in [0.3, 0.4) is 0 Å². The zero-order valence-corrected chi connectivity index (χ0v) is 13.3. The molecule has 2 aromatic rings. The van der Waals surface area contributed by atoms with Crippen LogP contribution in [0.4, 0.5) is 4.39 Å². The molecule has 1 saturated carbocycles. The number of carbonyl (C=O) groups is 1. The molecule has 1 aliphatic rings. The van der Waals surface area contributed by atoms with E-state index < -0.39 is 6.04 Å². The molecule has 2 aromatic carbocycles. The second kappa shape index (κ2) is 7.11. The number of hydrogen-bond donors (Lipinski definition) is 2. The van der Waals surface area contributed by atoms with Gasteiger partial charge in [0.2, 0.25) is 5.91 Å². The Morgan fingerprint density at radius 2 is 1.96 bits per heavy atom. The van der Waals surface area contributed by atoms with Crippen molar-refractivity contribution in [3.8, 4) is 0 Å². The number of halogens is 2. The van der Waals surface area contributed by atoms with Gasteiger partial charge in [0, 0.05) is 17.6 Å². The summed E-state index contributed by atoms with van der Waals surface area (Å²) in [7, 11) is 0. The summed E-state index contributed by atoms with van der Waals surface area (Å²) in [5.41, 5.74) is 1.73. The molecule has 0 spiro atoms. The first-order valence-electron chi connectivity index (χ1n) is 7.65. The Morgan fingerprint density at radius 3 is 2.61 bits per heavy atom. The summed E-state index contributed by atoms with van der Waals surface area (Å²) in [6.45, 7) is 0.501. The molecule has 23 heavy (non-hydrogen) atoms. The predicted molar refractivity (Wildman–Crippen MR) is 88.6 cm³/mol. The van der Waals surface area contributed by atoms with Crippen LogP contribution in [0.5, 0.6) is 0 Å². The second-order valence-electron chi connectivity index (χ2n) is 5.78. The summed E-state index contributed by atoms with van der Waals surface area (Å²) in [5.74, 6) is -0.397.